The first kappa shape index (κ1) is 40.6. The Morgan fingerprint density at radius 1 is 1.10 bits per heavy atom. The number of rotatable bonds is 10. The highest BCUT2D eigenvalue weighted by Gasteiger charge is 2.44. The van der Waals surface area contributed by atoms with Gasteiger partial charge in [0, 0.05) is 24.7 Å². The summed E-state index contributed by atoms with van der Waals surface area (Å²) in [7, 11) is -4.35. The van der Waals surface area contributed by atoms with E-state index < -0.39 is 34.4 Å². The van der Waals surface area contributed by atoms with Crippen molar-refractivity contribution in [3.8, 4) is 0 Å². The summed E-state index contributed by atoms with van der Waals surface area (Å²) in [5.41, 5.74) is 1.47. The lowest BCUT2D eigenvalue weighted by atomic mass is 9.89. The Morgan fingerprint density at radius 3 is 2.31 bits per heavy atom. The van der Waals surface area contributed by atoms with Crippen molar-refractivity contribution in [1.82, 2.24) is 0 Å². The predicted molar refractivity (Wildman–Crippen MR) is 200 cm³/mol. The molecule has 5 atom stereocenters. The first-order valence-electron chi connectivity index (χ1n) is 18.1. The zero-order chi connectivity index (χ0) is 35.9. The SMILES string of the molecule is CC[Si](CC)(CC)O[C@]1(C)CC[C@@H](O[Si](C)(C)C(C)(C)C)CC(=O)O[C@H](/C(C)=C/c2cc(F)cc(N3CCOCC3)c2)[C@@H](C)/C=C/[C@@H]1O. The molecule has 0 bridgehead atoms. The van der Waals surface area contributed by atoms with Crippen LogP contribution < -0.4 is 4.90 Å². The van der Waals surface area contributed by atoms with Crippen LogP contribution in [0.15, 0.2) is 35.9 Å². The van der Waals surface area contributed by atoms with E-state index in [1.54, 1.807) is 6.07 Å². The molecule has 0 unspecified atom stereocenters. The van der Waals surface area contributed by atoms with Gasteiger partial charge in [0.2, 0.25) is 0 Å². The molecule has 0 aromatic heterocycles. The third-order valence-electron chi connectivity index (χ3n) is 11.1. The average Bonchev–Trinajstić information content (AvgIpc) is 3.02. The number of benzene rings is 1. The second-order valence-electron chi connectivity index (χ2n) is 15.7. The van der Waals surface area contributed by atoms with Crippen molar-refractivity contribution >= 4 is 34.4 Å². The molecule has 1 aromatic carbocycles. The number of nitrogens with zero attached hydrogens (tertiary/aromatic N) is 1. The zero-order valence-corrected chi connectivity index (χ0v) is 33.7. The van der Waals surface area contributed by atoms with Crippen molar-refractivity contribution in [2.45, 2.75) is 142 Å². The Morgan fingerprint density at radius 2 is 1.73 bits per heavy atom. The quantitative estimate of drug-likeness (QED) is 0.148. The van der Waals surface area contributed by atoms with Gasteiger partial charge in [-0.05, 0) is 92.3 Å². The fourth-order valence-corrected chi connectivity index (χ4v) is 11.1. The second kappa shape index (κ2) is 16.9. The Kier molecular flexibility index (Phi) is 14.3. The van der Waals surface area contributed by atoms with Crippen LogP contribution in [0.25, 0.3) is 6.08 Å². The van der Waals surface area contributed by atoms with E-state index >= 15 is 0 Å². The van der Waals surface area contributed by atoms with Crippen LogP contribution in [0.2, 0.25) is 36.3 Å². The number of hydrogen-bond donors (Lipinski definition) is 1. The number of carbonyl (C=O) groups is 1. The fraction of sp³-hybridized carbons (Fsp3) is 0.711. The first-order chi connectivity index (χ1) is 22.4. The van der Waals surface area contributed by atoms with Gasteiger partial charge >= 0.3 is 5.97 Å². The number of aliphatic hydroxyl groups is 1. The first-order valence-corrected chi connectivity index (χ1v) is 23.6. The Bertz CT molecular complexity index is 1260. The highest BCUT2D eigenvalue weighted by Crippen LogP contribution is 2.40. The molecule has 1 fully saturated rings. The van der Waals surface area contributed by atoms with Crippen molar-refractivity contribution in [2.75, 3.05) is 31.2 Å². The van der Waals surface area contributed by atoms with Gasteiger partial charge in [-0.1, -0.05) is 66.7 Å². The van der Waals surface area contributed by atoms with Crippen molar-refractivity contribution in [3.63, 3.8) is 0 Å². The monoisotopic (exact) mass is 705 g/mol. The predicted octanol–water partition coefficient (Wildman–Crippen LogP) is 8.89. The number of carbonyl (C=O) groups excluding carboxylic acids is 1. The van der Waals surface area contributed by atoms with Crippen LogP contribution >= 0.6 is 0 Å². The molecule has 1 N–H and O–H groups in total. The highest BCUT2D eigenvalue weighted by molar-refractivity contribution is 6.74. The summed E-state index contributed by atoms with van der Waals surface area (Å²) >= 11 is 0. The van der Waals surface area contributed by atoms with E-state index in [9.17, 15) is 14.3 Å². The smallest absolute Gasteiger partial charge is 0.308 e. The van der Waals surface area contributed by atoms with Gasteiger partial charge in [-0.2, -0.15) is 0 Å². The summed E-state index contributed by atoms with van der Waals surface area (Å²) in [6.45, 7) is 26.1. The average molecular weight is 706 g/mol. The molecule has 272 valence electrons. The molecule has 48 heavy (non-hydrogen) atoms. The Hall–Kier alpha value is -1.83. The number of esters is 1. The molecule has 7 nitrogen and oxygen atoms in total. The van der Waals surface area contributed by atoms with Crippen molar-refractivity contribution in [3.05, 3.63) is 47.3 Å². The topological polar surface area (TPSA) is 77.5 Å². The van der Waals surface area contributed by atoms with Gasteiger partial charge < -0.3 is 28.3 Å². The van der Waals surface area contributed by atoms with E-state index in [2.05, 4.69) is 59.5 Å². The second-order valence-corrected chi connectivity index (χ2v) is 25.2. The maximum atomic E-state index is 14.9. The minimum atomic E-state index is -2.25. The molecular formula is C38H64FNO6Si2. The van der Waals surface area contributed by atoms with Gasteiger partial charge in [0.25, 0.3) is 0 Å². The van der Waals surface area contributed by atoms with Crippen LogP contribution in [0.5, 0.6) is 0 Å². The summed E-state index contributed by atoms with van der Waals surface area (Å²) in [5, 5.41) is 11.8. The summed E-state index contributed by atoms with van der Waals surface area (Å²) in [4.78, 5) is 15.9. The van der Waals surface area contributed by atoms with Gasteiger partial charge in [0.1, 0.15) is 11.9 Å². The highest BCUT2D eigenvalue weighted by atomic mass is 28.4. The normalized spacial score (nSPS) is 28.0. The standard InChI is InChI=1S/C38H64FNO6Si2/c1-12-48(13-2,14-3)46-38(9)18-17-33(45-47(10,11)37(6,7)8)27-35(42)44-36(28(4)15-16-34(38)41)29(5)23-30-24-31(39)26-32(25-30)40-19-21-43-22-20-40/h15-16,23-26,28,33-34,36,41H,12-14,17-22,27H2,1-11H3/b16-15+,29-23+/t28-,33+,34-,36-,38+/m0/s1. The molecule has 2 aliphatic heterocycles. The van der Waals surface area contributed by atoms with E-state index in [4.69, 9.17) is 18.3 Å². The minimum absolute atomic E-state index is 0.0429. The van der Waals surface area contributed by atoms with Gasteiger partial charge in [0.15, 0.2) is 16.6 Å². The van der Waals surface area contributed by atoms with E-state index in [0.717, 1.165) is 29.4 Å². The maximum absolute atomic E-state index is 14.9. The van der Waals surface area contributed by atoms with Crippen molar-refractivity contribution in [1.29, 1.82) is 0 Å². The Balaban J connectivity index is 2.04. The number of aliphatic hydroxyl groups excluding tert-OH is 1. The number of anilines is 1. The van der Waals surface area contributed by atoms with Crippen molar-refractivity contribution < 1.29 is 32.6 Å². The van der Waals surface area contributed by atoms with Crippen molar-refractivity contribution in [2.24, 2.45) is 5.92 Å². The minimum Gasteiger partial charge on any atom is -0.457 e. The van der Waals surface area contributed by atoms with Crippen LogP contribution in [-0.4, -0.2) is 77.9 Å². The fourth-order valence-electron chi connectivity index (χ4n) is 6.57. The van der Waals surface area contributed by atoms with Gasteiger partial charge in [-0.3, -0.25) is 4.79 Å². The summed E-state index contributed by atoms with van der Waals surface area (Å²) < 4.78 is 40.6. The van der Waals surface area contributed by atoms with Gasteiger partial charge in [0.05, 0.1) is 37.4 Å². The molecule has 0 saturated carbocycles. The van der Waals surface area contributed by atoms with Crippen LogP contribution in [0, 0.1) is 11.7 Å². The largest absolute Gasteiger partial charge is 0.457 e. The molecular weight excluding hydrogens is 642 g/mol. The van der Waals surface area contributed by atoms with Crippen LogP contribution in [-0.2, 0) is 23.1 Å². The molecule has 10 heteroatoms. The molecule has 2 heterocycles. The third-order valence-corrected chi connectivity index (χ3v) is 20.4. The van der Waals surface area contributed by atoms with E-state index in [0.29, 0.717) is 44.7 Å². The van der Waals surface area contributed by atoms with E-state index in [1.807, 2.05) is 45.1 Å². The lowest BCUT2D eigenvalue weighted by Gasteiger charge is -2.44. The molecule has 0 spiro atoms. The summed E-state index contributed by atoms with van der Waals surface area (Å²) in [6, 6.07) is 7.94. The lowest BCUT2D eigenvalue weighted by molar-refractivity contribution is -0.151. The molecule has 0 aliphatic carbocycles. The zero-order valence-electron chi connectivity index (χ0n) is 31.7. The summed E-state index contributed by atoms with van der Waals surface area (Å²) in [5.74, 6) is -0.908. The number of ether oxygens (including phenoxy) is 2. The van der Waals surface area contributed by atoms with Crippen LogP contribution in [0.3, 0.4) is 0 Å². The maximum Gasteiger partial charge on any atom is 0.308 e. The number of hydrogen-bond acceptors (Lipinski definition) is 7. The molecule has 0 radical (unpaired) electrons. The number of halogens is 1. The van der Waals surface area contributed by atoms with E-state index in [-0.39, 0.29) is 35.3 Å². The molecule has 1 aromatic rings. The van der Waals surface area contributed by atoms with Gasteiger partial charge in [-0.15, -0.1) is 0 Å². The number of morpholine rings is 1. The molecule has 2 aliphatic rings. The van der Waals surface area contributed by atoms with E-state index in [1.165, 1.54) is 6.07 Å². The molecule has 1 saturated heterocycles. The number of cyclic esters (lactones) is 1. The van der Waals surface area contributed by atoms with Crippen LogP contribution in [0.4, 0.5) is 10.1 Å². The molecule has 3 rings (SSSR count). The third kappa shape index (κ3) is 10.6. The lowest BCUT2D eigenvalue weighted by Crippen LogP contribution is -2.52. The summed E-state index contributed by atoms with van der Waals surface area (Å²) in [6.07, 6.45) is 5.03. The van der Waals surface area contributed by atoms with Gasteiger partial charge in [-0.25, -0.2) is 4.39 Å². The van der Waals surface area contributed by atoms with Crippen LogP contribution in [0.1, 0.15) is 87.1 Å². The Labute approximate surface area is 292 Å². The molecule has 0 amide bonds.